The Morgan fingerprint density at radius 3 is 2.12 bits per heavy atom. The maximum Gasteiger partial charge on any atom is 0.336 e. The summed E-state index contributed by atoms with van der Waals surface area (Å²) >= 11 is 0. The number of aliphatic hydroxyl groups is 2. The number of rotatable bonds is 13. The molecule has 0 aliphatic rings. The second-order valence-corrected chi connectivity index (χ2v) is 6.39. The lowest BCUT2D eigenvalue weighted by Gasteiger charge is -2.26. The van der Waals surface area contributed by atoms with Gasteiger partial charge in [-0.3, -0.25) is 23.2 Å². The molecule has 0 aromatic rings. The van der Waals surface area contributed by atoms with Crippen molar-refractivity contribution >= 4 is 34.7 Å². The predicted octanol–water partition coefficient (Wildman–Crippen LogP) is -2.16. The predicted molar refractivity (Wildman–Crippen MR) is 81.4 cm³/mol. The summed E-state index contributed by atoms with van der Waals surface area (Å²) in [5.41, 5.74) is -2.82. The lowest BCUT2D eigenvalue weighted by atomic mass is 9.95. The first-order chi connectivity index (χ1) is 11.8. The highest BCUT2D eigenvalue weighted by Gasteiger charge is 2.41. The molecule has 14 nitrogen and oxygen atoms in total. The normalized spacial score (nSPS) is 17.2. The van der Waals surface area contributed by atoms with E-state index in [0.29, 0.717) is 0 Å². The van der Waals surface area contributed by atoms with E-state index in [9.17, 15) is 29.2 Å². The fourth-order valence-electron chi connectivity index (χ4n) is 1.71. The van der Waals surface area contributed by atoms with Crippen molar-refractivity contribution < 1.29 is 63.1 Å². The van der Waals surface area contributed by atoms with Crippen molar-refractivity contribution in [3.05, 3.63) is 0 Å². The first-order valence-corrected chi connectivity index (χ1v) is 9.18. The zero-order valence-corrected chi connectivity index (χ0v) is 15.0. The van der Waals surface area contributed by atoms with Crippen LogP contribution in [0.15, 0.2) is 0 Å². The van der Waals surface area contributed by atoms with Crippen LogP contribution in [0.2, 0.25) is 0 Å². The van der Waals surface area contributed by atoms with Gasteiger partial charge >= 0.3 is 28.8 Å². The highest BCUT2D eigenvalue weighted by atomic mass is 31.2. The lowest BCUT2D eigenvalue weighted by molar-refractivity contribution is -0.279. The van der Waals surface area contributed by atoms with Gasteiger partial charge in [0.15, 0.2) is 5.60 Å². The van der Waals surface area contributed by atoms with Gasteiger partial charge in [0.05, 0.1) is 12.8 Å². The van der Waals surface area contributed by atoms with Crippen LogP contribution in [0.4, 0.5) is 0 Å². The average molecular weight is 423 g/mol. The molecular formula is C10H19NO13P2. The maximum atomic E-state index is 11.6. The standard InChI is InChI=1S/C10H19NO13P2/c12-6(4-9(17,8(15)16)5-7(13)14)11-3-1-2-10(18,23-25(19)20)24-26(21)22/h17-20,26H,1-5H2,(H,11,12)(H,13,14)(H,15,16)(H,21,22). The zero-order chi connectivity index (χ0) is 20.5. The Morgan fingerprint density at radius 2 is 1.69 bits per heavy atom. The van der Waals surface area contributed by atoms with Crippen molar-refractivity contribution in [2.75, 3.05) is 6.54 Å². The van der Waals surface area contributed by atoms with Crippen molar-refractivity contribution in [2.45, 2.75) is 37.3 Å². The van der Waals surface area contributed by atoms with E-state index < -0.39 is 65.5 Å². The van der Waals surface area contributed by atoms with Crippen molar-refractivity contribution in [3.8, 4) is 0 Å². The monoisotopic (exact) mass is 423 g/mol. The highest BCUT2D eigenvalue weighted by Crippen LogP contribution is 2.38. The van der Waals surface area contributed by atoms with E-state index in [2.05, 4.69) is 14.4 Å². The minimum atomic E-state index is -3.71. The molecule has 0 rings (SSSR count). The van der Waals surface area contributed by atoms with Gasteiger partial charge in [-0.05, 0) is 6.42 Å². The highest BCUT2D eigenvalue weighted by molar-refractivity contribution is 7.39. The largest absolute Gasteiger partial charge is 0.481 e. The molecule has 0 aliphatic heterocycles. The Morgan fingerprint density at radius 1 is 1.12 bits per heavy atom. The minimum Gasteiger partial charge on any atom is -0.481 e. The third kappa shape index (κ3) is 10.1. The van der Waals surface area contributed by atoms with Crippen molar-refractivity contribution in [3.63, 3.8) is 0 Å². The summed E-state index contributed by atoms with van der Waals surface area (Å²) in [5.74, 6) is -7.37. The quantitative estimate of drug-likeness (QED) is 0.0895. The van der Waals surface area contributed by atoms with E-state index in [4.69, 9.17) is 24.9 Å². The van der Waals surface area contributed by atoms with Crippen LogP contribution in [0.25, 0.3) is 0 Å². The van der Waals surface area contributed by atoms with Gasteiger partial charge in [0.2, 0.25) is 5.91 Å². The average Bonchev–Trinajstić information content (AvgIpc) is 2.40. The van der Waals surface area contributed by atoms with E-state index in [1.54, 1.807) is 0 Å². The summed E-state index contributed by atoms with van der Waals surface area (Å²) < 4.78 is 18.9. The molecule has 152 valence electrons. The fourth-order valence-corrected chi connectivity index (χ4v) is 2.58. The van der Waals surface area contributed by atoms with Crippen LogP contribution >= 0.6 is 16.9 Å². The summed E-state index contributed by atoms with van der Waals surface area (Å²) in [6, 6.07) is 0. The molecule has 8 N–H and O–H groups in total. The lowest BCUT2D eigenvalue weighted by Crippen LogP contribution is -2.45. The van der Waals surface area contributed by atoms with Crippen LogP contribution in [0.5, 0.6) is 0 Å². The molecule has 1 amide bonds. The van der Waals surface area contributed by atoms with E-state index in [1.165, 1.54) is 0 Å². The van der Waals surface area contributed by atoms with Gasteiger partial charge in [0, 0.05) is 13.0 Å². The van der Waals surface area contributed by atoms with E-state index in [1.807, 2.05) is 0 Å². The Hall–Kier alpha value is -1.21. The van der Waals surface area contributed by atoms with Gasteiger partial charge in [-0.2, -0.15) is 0 Å². The van der Waals surface area contributed by atoms with Gasteiger partial charge in [0.1, 0.15) is 0 Å². The van der Waals surface area contributed by atoms with Crippen molar-refractivity contribution in [2.24, 2.45) is 0 Å². The van der Waals surface area contributed by atoms with Gasteiger partial charge in [0.25, 0.3) is 5.97 Å². The number of carbonyl (C=O) groups excluding carboxylic acids is 1. The number of aliphatic carboxylic acids is 2. The van der Waals surface area contributed by atoms with Crippen LogP contribution < -0.4 is 5.32 Å². The van der Waals surface area contributed by atoms with E-state index in [0.717, 1.165) is 0 Å². The van der Waals surface area contributed by atoms with Crippen molar-refractivity contribution in [1.82, 2.24) is 5.32 Å². The molecule has 0 aromatic heterocycles. The molecule has 0 radical (unpaired) electrons. The van der Waals surface area contributed by atoms with Crippen LogP contribution in [0.3, 0.4) is 0 Å². The topological polar surface area (TPSA) is 240 Å². The second-order valence-electron chi connectivity index (χ2n) is 4.96. The summed E-state index contributed by atoms with van der Waals surface area (Å²) in [6.45, 7) is -0.280. The van der Waals surface area contributed by atoms with Crippen molar-refractivity contribution in [1.29, 1.82) is 0 Å². The molecule has 0 fully saturated rings. The minimum absolute atomic E-state index is 0.203. The molecule has 0 spiro atoms. The number of hydrogen-bond donors (Lipinski definition) is 8. The molecule has 0 bridgehead atoms. The van der Waals surface area contributed by atoms with Gasteiger partial charge in [-0.25, -0.2) is 4.79 Å². The molecule has 3 unspecified atom stereocenters. The van der Waals surface area contributed by atoms with Crippen LogP contribution in [-0.2, 0) is 28.0 Å². The van der Waals surface area contributed by atoms with Crippen LogP contribution in [0, 0.1) is 0 Å². The molecule has 26 heavy (non-hydrogen) atoms. The number of amides is 1. The summed E-state index contributed by atoms with van der Waals surface area (Å²) in [6.07, 6.45) is -3.07. The number of carboxylic acid groups (broad SMARTS) is 2. The fraction of sp³-hybridized carbons (Fsp3) is 0.700. The summed E-state index contributed by atoms with van der Waals surface area (Å²) in [7, 11) is -6.85. The van der Waals surface area contributed by atoms with Crippen LogP contribution in [0.1, 0.15) is 25.7 Å². The number of carbonyl (C=O) groups is 3. The molecule has 3 atom stereocenters. The molecule has 0 heterocycles. The Kier molecular flexibility index (Phi) is 10.3. The first-order valence-electron chi connectivity index (χ1n) is 6.75. The number of carboxylic acids is 2. The number of hydrogen-bond acceptors (Lipinski definition) is 10. The summed E-state index contributed by atoms with van der Waals surface area (Å²) in [5, 5.41) is 38.9. The molecule has 0 saturated carbocycles. The Balaban J connectivity index is 4.56. The van der Waals surface area contributed by atoms with Gasteiger partial charge < -0.3 is 40.4 Å². The second kappa shape index (κ2) is 10.8. The molecule has 16 heteroatoms. The zero-order valence-electron chi connectivity index (χ0n) is 13.1. The molecular weight excluding hydrogens is 404 g/mol. The SMILES string of the molecule is O=C(O)CC(O)(CC(=O)NCCCC(O)(OP(O)O)O[PH](=O)O)C(=O)O. The van der Waals surface area contributed by atoms with Gasteiger partial charge in [-0.15, -0.1) is 0 Å². The Bertz CT molecular complexity index is 543. The molecule has 0 aliphatic carbocycles. The van der Waals surface area contributed by atoms with Crippen LogP contribution in [-0.4, -0.2) is 71.1 Å². The maximum absolute atomic E-state index is 11.6. The first kappa shape index (κ1) is 24.8. The van der Waals surface area contributed by atoms with E-state index in [-0.39, 0.29) is 13.0 Å². The third-order valence-corrected chi connectivity index (χ3v) is 3.70. The number of nitrogens with one attached hydrogen (secondary N) is 1. The molecule has 0 aromatic carbocycles. The Labute approximate surface area is 147 Å². The third-order valence-electron chi connectivity index (χ3n) is 2.76. The molecule has 0 saturated heterocycles. The summed E-state index contributed by atoms with van der Waals surface area (Å²) in [4.78, 5) is 59.1. The van der Waals surface area contributed by atoms with E-state index >= 15 is 0 Å². The van der Waals surface area contributed by atoms with Gasteiger partial charge in [-0.1, -0.05) is 0 Å². The smallest absolute Gasteiger partial charge is 0.336 e.